The molecule has 0 saturated carbocycles. The first-order valence-electron chi connectivity index (χ1n) is 7.49. The highest BCUT2D eigenvalue weighted by molar-refractivity contribution is 4.90. The summed E-state index contributed by atoms with van der Waals surface area (Å²) in [6.45, 7) is 9.96. The molecule has 1 aromatic rings. The maximum Gasteiger partial charge on any atom is 0.138 e. The van der Waals surface area contributed by atoms with Gasteiger partial charge in [-0.3, -0.25) is 4.68 Å². The average Bonchev–Trinajstić information content (AvgIpc) is 2.84. The molecule has 5 heteroatoms. The summed E-state index contributed by atoms with van der Waals surface area (Å²) >= 11 is 0. The van der Waals surface area contributed by atoms with E-state index in [-0.39, 0.29) is 0 Å². The van der Waals surface area contributed by atoms with Crippen LogP contribution in [0.5, 0.6) is 0 Å². The standard InChI is InChI=1S/C14H28N4O/c1-4-8-15-13(7-10-19-6-3)11-14-16-12-17-18(14)9-5-2/h12-13,15H,4-11H2,1-3H3. The minimum absolute atomic E-state index is 0.423. The summed E-state index contributed by atoms with van der Waals surface area (Å²) in [5.41, 5.74) is 0. The number of rotatable bonds is 11. The third kappa shape index (κ3) is 6.16. The Bertz CT molecular complexity index is 327. The van der Waals surface area contributed by atoms with Gasteiger partial charge in [-0.15, -0.1) is 0 Å². The SMILES string of the molecule is CCCNC(CCOCC)Cc1ncnn1CCC. The molecule has 0 spiro atoms. The Labute approximate surface area is 116 Å². The van der Waals surface area contributed by atoms with Gasteiger partial charge in [-0.2, -0.15) is 5.10 Å². The van der Waals surface area contributed by atoms with Crippen LogP contribution in [0.1, 0.15) is 45.9 Å². The molecule has 0 aromatic carbocycles. The molecule has 0 fully saturated rings. The van der Waals surface area contributed by atoms with E-state index in [1.807, 2.05) is 11.6 Å². The quantitative estimate of drug-likeness (QED) is 0.624. The van der Waals surface area contributed by atoms with Gasteiger partial charge in [-0.1, -0.05) is 13.8 Å². The maximum absolute atomic E-state index is 5.46. The number of hydrogen-bond donors (Lipinski definition) is 1. The van der Waals surface area contributed by atoms with Crippen LogP contribution in [-0.2, 0) is 17.7 Å². The highest BCUT2D eigenvalue weighted by atomic mass is 16.5. The number of hydrogen-bond acceptors (Lipinski definition) is 4. The molecule has 1 N–H and O–H groups in total. The fourth-order valence-electron chi connectivity index (χ4n) is 2.06. The molecule has 1 aromatic heterocycles. The first kappa shape index (κ1) is 16.1. The van der Waals surface area contributed by atoms with E-state index in [9.17, 15) is 0 Å². The first-order chi connectivity index (χ1) is 9.31. The van der Waals surface area contributed by atoms with Crippen molar-refractivity contribution in [1.82, 2.24) is 20.1 Å². The molecule has 1 rings (SSSR count). The van der Waals surface area contributed by atoms with E-state index in [0.717, 1.165) is 57.8 Å². The van der Waals surface area contributed by atoms with E-state index in [2.05, 4.69) is 29.2 Å². The minimum Gasteiger partial charge on any atom is -0.382 e. The molecule has 0 amide bonds. The fourth-order valence-corrected chi connectivity index (χ4v) is 2.06. The molecule has 0 aliphatic rings. The van der Waals surface area contributed by atoms with Crippen LogP contribution < -0.4 is 5.32 Å². The zero-order chi connectivity index (χ0) is 13.9. The normalized spacial score (nSPS) is 12.8. The van der Waals surface area contributed by atoms with Crippen molar-refractivity contribution in [3.63, 3.8) is 0 Å². The van der Waals surface area contributed by atoms with Gasteiger partial charge in [-0.25, -0.2) is 4.98 Å². The number of ether oxygens (including phenoxy) is 1. The van der Waals surface area contributed by atoms with E-state index in [0.29, 0.717) is 6.04 Å². The topological polar surface area (TPSA) is 52.0 Å². The molecular formula is C14H28N4O. The van der Waals surface area contributed by atoms with Crippen LogP contribution in [0.25, 0.3) is 0 Å². The van der Waals surface area contributed by atoms with Crippen molar-refractivity contribution in [1.29, 1.82) is 0 Å². The molecule has 19 heavy (non-hydrogen) atoms. The van der Waals surface area contributed by atoms with Crippen LogP contribution in [-0.4, -0.2) is 40.6 Å². The lowest BCUT2D eigenvalue weighted by molar-refractivity contribution is 0.136. The van der Waals surface area contributed by atoms with Crippen LogP contribution in [0.4, 0.5) is 0 Å². The van der Waals surface area contributed by atoms with Gasteiger partial charge in [0.05, 0.1) is 0 Å². The van der Waals surface area contributed by atoms with Gasteiger partial charge in [0.2, 0.25) is 0 Å². The Morgan fingerprint density at radius 3 is 2.84 bits per heavy atom. The molecule has 0 bridgehead atoms. The molecule has 1 atom stereocenters. The van der Waals surface area contributed by atoms with Gasteiger partial charge in [0.15, 0.2) is 0 Å². The number of aryl methyl sites for hydroxylation is 1. The van der Waals surface area contributed by atoms with Crippen molar-refractivity contribution in [2.45, 2.75) is 59.0 Å². The third-order valence-corrected chi connectivity index (χ3v) is 3.06. The fraction of sp³-hybridized carbons (Fsp3) is 0.857. The lowest BCUT2D eigenvalue weighted by Gasteiger charge is -2.18. The van der Waals surface area contributed by atoms with Gasteiger partial charge in [-0.05, 0) is 32.7 Å². The Morgan fingerprint density at radius 1 is 1.32 bits per heavy atom. The molecule has 110 valence electrons. The largest absolute Gasteiger partial charge is 0.382 e. The van der Waals surface area contributed by atoms with Crippen LogP contribution >= 0.6 is 0 Å². The van der Waals surface area contributed by atoms with Crippen molar-refractivity contribution >= 4 is 0 Å². The van der Waals surface area contributed by atoms with E-state index in [1.165, 1.54) is 0 Å². The van der Waals surface area contributed by atoms with Gasteiger partial charge in [0, 0.05) is 32.2 Å². The van der Waals surface area contributed by atoms with Gasteiger partial charge >= 0.3 is 0 Å². The third-order valence-electron chi connectivity index (χ3n) is 3.06. The van der Waals surface area contributed by atoms with Crippen molar-refractivity contribution in [2.24, 2.45) is 0 Å². The van der Waals surface area contributed by atoms with Crippen molar-refractivity contribution in [2.75, 3.05) is 19.8 Å². The minimum atomic E-state index is 0.423. The van der Waals surface area contributed by atoms with Crippen molar-refractivity contribution in [3.05, 3.63) is 12.2 Å². The summed E-state index contributed by atoms with van der Waals surface area (Å²) in [5, 5.41) is 7.86. The van der Waals surface area contributed by atoms with Crippen molar-refractivity contribution < 1.29 is 4.74 Å². The number of nitrogens with one attached hydrogen (secondary N) is 1. The molecule has 0 aliphatic heterocycles. The Balaban J connectivity index is 2.51. The summed E-state index contributed by atoms with van der Waals surface area (Å²) in [7, 11) is 0. The lowest BCUT2D eigenvalue weighted by atomic mass is 10.1. The molecule has 0 saturated heterocycles. The molecule has 1 heterocycles. The second-order valence-corrected chi connectivity index (χ2v) is 4.74. The van der Waals surface area contributed by atoms with E-state index >= 15 is 0 Å². The highest BCUT2D eigenvalue weighted by Gasteiger charge is 2.13. The summed E-state index contributed by atoms with van der Waals surface area (Å²) in [4.78, 5) is 4.38. The second kappa shape index (κ2) is 9.92. The molecule has 1 unspecified atom stereocenters. The molecule has 0 aliphatic carbocycles. The Morgan fingerprint density at radius 2 is 2.16 bits per heavy atom. The summed E-state index contributed by atoms with van der Waals surface area (Å²) < 4.78 is 7.47. The highest BCUT2D eigenvalue weighted by Crippen LogP contribution is 2.05. The molecule has 0 radical (unpaired) electrons. The monoisotopic (exact) mass is 268 g/mol. The number of nitrogens with zero attached hydrogens (tertiary/aromatic N) is 3. The van der Waals surface area contributed by atoms with Crippen LogP contribution in [0.3, 0.4) is 0 Å². The van der Waals surface area contributed by atoms with Crippen molar-refractivity contribution in [3.8, 4) is 0 Å². The molecule has 5 nitrogen and oxygen atoms in total. The maximum atomic E-state index is 5.46. The van der Waals surface area contributed by atoms with E-state index < -0.39 is 0 Å². The van der Waals surface area contributed by atoms with Gasteiger partial charge in [0.25, 0.3) is 0 Å². The smallest absolute Gasteiger partial charge is 0.138 e. The lowest BCUT2D eigenvalue weighted by Crippen LogP contribution is -2.34. The van der Waals surface area contributed by atoms with Gasteiger partial charge in [0.1, 0.15) is 12.2 Å². The predicted octanol–water partition coefficient (Wildman–Crippen LogP) is 2.03. The van der Waals surface area contributed by atoms with E-state index in [4.69, 9.17) is 4.74 Å². The second-order valence-electron chi connectivity index (χ2n) is 4.74. The predicted molar refractivity (Wildman–Crippen MR) is 77.2 cm³/mol. The van der Waals surface area contributed by atoms with Crippen LogP contribution in [0.2, 0.25) is 0 Å². The van der Waals surface area contributed by atoms with Gasteiger partial charge < -0.3 is 10.1 Å². The zero-order valence-corrected chi connectivity index (χ0v) is 12.6. The summed E-state index contributed by atoms with van der Waals surface area (Å²) in [6, 6.07) is 0.423. The van der Waals surface area contributed by atoms with E-state index in [1.54, 1.807) is 6.33 Å². The Hall–Kier alpha value is -0.940. The summed E-state index contributed by atoms with van der Waals surface area (Å²) in [6.07, 6.45) is 5.83. The van der Waals surface area contributed by atoms with Crippen LogP contribution in [0, 0.1) is 0 Å². The molecular weight excluding hydrogens is 240 g/mol. The summed E-state index contributed by atoms with van der Waals surface area (Å²) in [5.74, 6) is 1.08. The number of aromatic nitrogens is 3. The first-order valence-corrected chi connectivity index (χ1v) is 7.49. The van der Waals surface area contributed by atoms with Crippen LogP contribution in [0.15, 0.2) is 6.33 Å². The Kier molecular flexibility index (Phi) is 8.41. The zero-order valence-electron chi connectivity index (χ0n) is 12.6. The average molecular weight is 268 g/mol.